The van der Waals surface area contributed by atoms with Gasteiger partial charge in [0.15, 0.2) is 0 Å². The van der Waals surface area contributed by atoms with Crippen LogP contribution >= 0.6 is 0 Å². The largest absolute Gasteiger partial charge is 0.382 e. The highest BCUT2D eigenvalue weighted by Crippen LogP contribution is 2.31. The van der Waals surface area contributed by atoms with Crippen LogP contribution < -0.4 is 11.1 Å². The minimum Gasteiger partial charge on any atom is -0.382 e. The van der Waals surface area contributed by atoms with Crippen LogP contribution in [0.2, 0.25) is 0 Å². The van der Waals surface area contributed by atoms with Crippen molar-refractivity contribution in [2.75, 3.05) is 18.1 Å². The smallest absolute Gasteiger partial charge is 0.257 e. The highest BCUT2D eigenvalue weighted by Gasteiger charge is 2.24. The fourth-order valence-electron chi connectivity index (χ4n) is 4.39. The molecule has 2 amide bonds. The molecule has 9 nitrogen and oxygen atoms in total. The second-order valence-corrected chi connectivity index (χ2v) is 9.32. The van der Waals surface area contributed by atoms with E-state index >= 15 is 0 Å². The van der Waals surface area contributed by atoms with Crippen LogP contribution in [-0.4, -0.2) is 43.1 Å². The SMILES string of the molecule is C=CC(=O)N(C)[C@@H](C)c1nc(-c2cncc(C(=O)Nc3ccc(C(C)C)c(C)c3)c2)c2c(N)nccn12. The summed E-state index contributed by atoms with van der Waals surface area (Å²) < 4.78 is 1.81. The minimum absolute atomic E-state index is 0.232. The number of hydrogen-bond acceptors (Lipinski definition) is 6. The number of benzene rings is 1. The first-order valence-electron chi connectivity index (χ1n) is 12.0. The number of carbonyl (C=O) groups excluding carboxylic acids is 2. The maximum Gasteiger partial charge on any atom is 0.257 e. The molecule has 3 aromatic heterocycles. The van der Waals surface area contributed by atoms with Gasteiger partial charge in [0.2, 0.25) is 5.91 Å². The Hall–Kier alpha value is -4.53. The Morgan fingerprint density at radius 2 is 1.95 bits per heavy atom. The lowest BCUT2D eigenvalue weighted by atomic mass is 9.97. The number of likely N-dealkylation sites (N-methyl/N-ethyl adjacent to an activating group) is 1. The molecule has 1 atom stereocenters. The molecule has 0 unspecified atom stereocenters. The fraction of sp³-hybridized carbons (Fsp3) is 0.250. The lowest BCUT2D eigenvalue weighted by molar-refractivity contribution is -0.126. The quantitative estimate of drug-likeness (QED) is 0.355. The van der Waals surface area contributed by atoms with E-state index in [2.05, 4.69) is 35.7 Å². The minimum atomic E-state index is -0.384. The number of hydrogen-bond donors (Lipinski definition) is 2. The predicted molar refractivity (Wildman–Crippen MR) is 145 cm³/mol. The standard InChI is InChI=1S/C28H31N7O2/c1-7-23(36)34(6)18(5)27-33-24(25-26(29)31-10-11-35(25)27)19-13-20(15-30-14-19)28(37)32-21-8-9-22(16(2)3)17(4)12-21/h7-16,18H,1H2,2-6H3,(H2,29,31)(H,32,37)/t18-/m0/s1. The maximum absolute atomic E-state index is 13.1. The first-order chi connectivity index (χ1) is 17.6. The van der Waals surface area contributed by atoms with Crippen LogP contribution in [0.1, 0.15) is 60.0 Å². The molecule has 0 aliphatic carbocycles. The molecule has 0 spiro atoms. The van der Waals surface area contributed by atoms with Gasteiger partial charge in [-0.25, -0.2) is 9.97 Å². The van der Waals surface area contributed by atoms with Gasteiger partial charge in [0.05, 0.1) is 11.6 Å². The number of nitrogens with one attached hydrogen (secondary N) is 1. The summed E-state index contributed by atoms with van der Waals surface area (Å²) in [6.07, 6.45) is 7.71. The summed E-state index contributed by atoms with van der Waals surface area (Å²) in [6.45, 7) is 11.7. The number of nitrogens with zero attached hydrogens (tertiary/aromatic N) is 5. The van der Waals surface area contributed by atoms with Gasteiger partial charge in [-0.1, -0.05) is 26.5 Å². The predicted octanol–water partition coefficient (Wildman–Crippen LogP) is 4.76. The van der Waals surface area contributed by atoms with Gasteiger partial charge in [-0.2, -0.15) is 0 Å². The van der Waals surface area contributed by atoms with Gasteiger partial charge < -0.3 is 16.0 Å². The average Bonchev–Trinajstić information content (AvgIpc) is 3.28. The van der Waals surface area contributed by atoms with Gasteiger partial charge in [-0.05, 0) is 55.2 Å². The molecule has 37 heavy (non-hydrogen) atoms. The van der Waals surface area contributed by atoms with E-state index in [1.165, 1.54) is 22.7 Å². The summed E-state index contributed by atoms with van der Waals surface area (Å²) in [7, 11) is 1.68. The molecule has 3 heterocycles. The highest BCUT2D eigenvalue weighted by molar-refractivity contribution is 6.05. The van der Waals surface area contributed by atoms with Crippen molar-refractivity contribution >= 4 is 28.8 Å². The van der Waals surface area contributed by atoms with Gasteiger partial charge >= 0.3 is 0 Å². The van der Waals surface area contributed by atoms with Crippen LogP contribution in [0, 0.1) is 6.92 Å². The van der Waals surface area contributed by atoms with Crippen LogP contribution in [0.25, 0.3) is 16.8 Å². The molecule has 0 saturated heterocycles. The van der Waals surface area contributed by atoms with Crippen LogP contribution in [0.3, 0.4) is 0 Å². The second kappa shape index (κ2) is 10.2. The molecule has 3 N–H and O–H groups in total. The molecular formula is C28H31N7O2. The summed E-state index contributed by atoms with van der Waals surface area (Å²) in [5.74, 6) is 0.749. The molecule has 0 bridgehead atoms. The number of pyridine rings is 1. The number of nitrogen functional groups attached to an aromatic ring is 1. The van der Waals surface area contributed by atoms with Crippen molar-refractivity contribution in [2.24, 2.45) is 0 Å². The van der Waals surface area contributed by atoms with Gasteiger partial charge in [0.1, 0.15) is 22.9 Å². The molecule has 4 aromatic rings. The number of nitrogens with two attached hydrogens (primary N) is 1. The Balaban J connectivity index is 1.71. The Morgan fingerprint density at radius 1 is 1.19 bits per heavy atom. The molecule has 190 valence electrons. The van der Waals surface area contributed by atoms with Crippen LogP contribution in [0.5, 0.6) is 0 Å². The van der Waals surface area contributed by atoms with E-state index < -0.39 is 0 Å². The third kappa shape index (κ3) is 4.93. The lowest BCUT2D eigenvalue weighted by Gasteiger charge is -2.22. The summed E-state index contributed by atoms with van der Waals surface area (Å²) >= 11 is 0. The van der Waals surface area contributed by atoms with Crippen molar-refractivity contribution in [2.45, 2.75) is 39.7 Å². The van der Waals surface area contributed by atoms with E-state index in [0.29, 0.717) is 39.8 Å². The summed E-state index contributed by atoms with van der Waals surface area (Å²) in [5.41, 5.74) is 11.4. The Kier molecular flexibility index (Phi) is 7.06. The second-order valence-electron chi connectivity index (χ2n) is 9.32. The van der Waals surface area contributed by atoms with Crippen molar-refractivity contribution in [1.29, 1.82) is 0 Å². The number of anilines is 2. The monoisotopic (exact) mass is 497 g/mol. The highest BCUT2D eigenvalue weighted by atomic mass is 16.2. The number of amides is 2. The van der Waals surface area contributed by atoms with Crippen LogP contribution in [0.4, 0.5) is 11.5 Å². The number of carbonyl (C=O) groups is 2. The normalized spacial score (nSPS) is 11.9. The molecule has 9 heteroatoms. The van der Waals surface area contributed by atoms with E-state index in [1.807, 2.05) is 32.0 Å². The molecule has 0 aliphatic heterocycles. The molecule has 4 rings (SSSR count). The summed E-state index contributed by atoms with van der Waals surface area (Å²) in [5, 5.41) is 2.95. The van der Waals surface area contributed by atoms with Crippen molar-refractivity contribution in [3.8, 4) is 11.3 Å². The topological polar surface area (TPSA) is 119 Å². The van der Waals surface area contributed by atoms with Crippen molar-refractivity contribution in [3.63, 3.8) is 0 Å². The van der Waals surface area contributed by atoms with Gasteiger partial charge in [-0.15, -0.1) is 0 Å². The average molecular weight is 498 g/mol. The number of aryl methyl sites for hydroxylation is 1. The zero-order chi connectivity index (χ0) is 26.9. The summed E-state index contributed by atoms with van der Waals surface area (Å²) in [6, 6.07) is 7.24. The van der Waals surface area contributed by atoms with E-state index in [1.54, 1.807) is 36.1 Å². The zero-order valence-corrected chi connectivity index (χ0v) is 21.7. The van der Waals surface area contributed by atoms with Crippen LogP contribution in [-0.2, 0) is 4.79 Å². The molecule has 0 saturated carbocycles. The van der Waals surface area contributed by atoms with E-state index in [0.717, 1.165) is 5.56 Å². The van der Waals surface area contributed by atoms with Crippen LogP contribution in [0.15, 0.2) is 61.7 Å². The van der Waals surface area contributed by atoms with E-state index in [-0.39, 0.29) is 23.7 Å². The lowest BCUT2D eigenvalue weighted by Crippen LogP contribution is -2.29. The van der Waals surface area contributed by atoms with Gasteiger partial charge in [-0.3, -0.25) is 19.0 Å². The fourth-order valence-corrected chi connectivity index (χ4v) is 4.39. The number of aromatic nitrogens is 4. The Labute approximate surface area is 216 Å². The van der Waals surface area contributed by atoms with Crippen molar-refractivity contribution < 1.29 is 9.59 Å². The number of rotatable bonds is 7. The summed E-state index contributed by atoms with van der Waals surface area (Å²) in [4.78, 5) is 40.2. The third-order valence-corrected chi connectivity index (χ3v) is 6.51. The molecule has 0 fully saturated rings. The first-order valence-corrected chi connectivity index (χ1v) is 12.0. The van der Waals surface area contributed by atoms with Crippen molar-refractivity contribution in [3.05, 3.63) is 84.2 Å². The Bertz CT molecular complexity index is 1510. The van der Waals surface area contributed by atoms with E-state index in [9.17, 15) is 9.59 Å². The molecule has 0 radical (unpaired) electrons. The number of imidazole rings is 1. The first kappa shape index (κ1) is 25.6. The van der Waals surface area contributed by atoms with Crippen molar-refractivity contribution in [1.82, 2.24) is 24.3 Å². The maximum atomic E-state index is 13.1. The van der Waals surface area contributed by atoms with Gasteiger partial charge in [0.25, 0.3) is 5.91 Å². The number of fused-ring (bicyclic) bond motifs is 1. The molecule has 1 aromatic carbocycles. The molecular weight excluding hydrogens is 466 g/mol. The Morgan fingerprint density at radius 3 is 2.62 bits per heavy atom. The van der Waals surface area contributed by atoms with Gasteiger partial charge in [0, 0.05) is 43.1 Å². The third-order valence-electron chi connectivity index (χ3n) is 6.51. The van der Waals surface area contributed by atoms with E-state index in [4.69, 9.17) is 10.7 Å². The molecule has 0 aliphatic rings. The zero-order valence-electron chi connectivity index (χ0n) is 21.7.